The van der Waals surface area contributed by atoms with Crippen LogP contribution in [0.4, 0.5) is 0 Å². The second-order valence-electron chi connectivity index (χ2n) is 4.49. The molecule has 1 fully saturated rings. The number of benzene rings is 1. The van der Waals surface area contributed by atoms with Gasteiger partial charge in [0.15, 0.2) is 11.5 Å². The summed E-state index contributed by atoms with van der Waals surface area (Å²) in [6.07, 6.45) is 4.69. The van der Waals surface area contributed by atoms with Gasteiger partial charge in [-0.05, 0) is 36.5 Å². The van der Waals surface area contributed by atoms with Gasteiger partial charge in [0.1, 0.15) is 0 Å². The van der Waals surface area contributed by atoms with Crippen molar-refractivity contribution in [3.63, 3.8) is 0 Å². The summed E-state index contributed by atoms with van der Waals surface area (Å²) >= 11 is 0. The molecule has 0 heterocycles. The summed E-state index contributed by atoms with van der Waals surface area (Å²) in [5.74, 6) is 1.13. The molecule has 1 saturated carbocycles. The van der Waals surface area contributed by atoms with Gasteiger partial charge in [-0.15, -0.1) is 0 Å². The molecule has 1 aromatic carbocycles. The summed E-state index contributed by atoms with van der Waals surface area (Å²) < 4.78 is 5.12. The van der Waals surface area contributed by atoms with Gasteiger partial charge in [0.2, 0.25) is 0 Å². The molecule has 1 aromatic rings. The molecule has 1 aliphatic rings. The molecule has 0 amide bonds. The topological polar surface area (TPSA) is 55.5 Å². The number of phenols is 1. The summed E-state index contributed by atoms with van der Waals surface area (Å²) in [5, 5.41) is 9.54. The number of hydrogen-bond donors (Lipinski definition) is 2. The van der Waals surface area contributed by atoms with Crippen molar-refractivity contribution in [2.45, 2.75) is 37.6 Å². The minimum atomic E-state index is 0.190. The van der Waals surface area contributed by atoms with Crippen molar-refractivity contribution in [3.8, 4) is 11.5 Å². The Morgan fingerprint density at radius 1 is 1.31 bits per heavy atom. The molecule has 1 aliphatic carbocycles. The molecule has 3 heteroatoms. The largest absolute Gasteiger partial charge is 0.504 e. The Balaban J connectivity index is 2.25. The van der Waals surface area contributed by atoms with Crippen molar-refractivity contribution in [1.29, 1.82) is 0 Å². The monoisotopic (exact) mass is 221 g/mol. The second-order valence-corrected chi connectivity index (χ2v) is 4.49. The number of rotatable bonds is 2. The molecular formula is C13H19NO2. The van der Waals surface area contributed by atoms with Crippen LogP contribution in [0.5, 0.6) is 11.5 Å². The van der Waals surface area contributed by atoms with E-state index in [0.717, 1.165) is 12.8 Å². The normalized spacial score (nSPS) is 25.4. The van der Waals surface area contributed by atoms with Gasteiger partial charge < -0.3 is 15.6 Å². The first-order valence-corrected chi connectivity index (χ1v) is 5.85. The van der Waals surface area contributed by atoms with Crippen molar-refractivity contribution in [2.24, 2.45) is 5.73 Å². The van der Waals surface area contributed by atoms with E-state index in [2.05, 4.69) is 0 Å². The summed E-state index contributed by atoms with van der Waals surface area (Å²) in [7, 11) is 1.57. The molecule has 0 aliphatic heterocycles. The smallest absolute Gasteiger partial charge is 0.160 e. The predicted molar refractivity (Wildman–Crippen MR) is 63.8 cm³/mol. The molecule has 2 rings (SSSR count). The number of aromatic hydroxyl groups is 1. The van der Waals surface area contributed by atoms with Crippen molar-refractivity contribution >= 4 is 0 Å². The van der Waals surface area contributed by atoms with Crippen molar-refractivity contribution < 1.29 is 9.84 Å². The average Bonchev–Trinajstić information content (AvgIpc) is 2.31. The standard InChI is InChI=1S/C13H19NO2/c1-16-13-8-9(6-7-12(13)15)10-4-2-3-5-11(10)14/h6-8,10-11,15H,2-5,14H2,1H3. The van der Waals surface area contributed by atoms with Gasteiger partial charge >= 0.3 is 0 Å². The molecule has 2 atom stereocenters. The Hall–Kier alpha value is -1.22. The van der Waals surface area contributed by atoms with E-state index in [0.29, 0.717) is 11.7 Å². The Kier molecular flexibility index (Phi) is 3.34. The third kappa shape index (κ3) is 2.14. The van der Waals surface area contributed by atoms with E-state index >= 15 is 0 Å². The Morgan fingerprint density at radius 3 is 2.75 bits per heavy atom. The molecule has 2 unspecified atom stereocenters. The first-order valence-electron chi connectivity index (χ1n) is 5.85. The zero-order chi connectivity index (χ0) is 11.5. The van der Waals surface area contributed by atoms with Crippen LogP contribution in [0.15, 0.2) is 18.2 Å². The average molecular weight is 221 g/mol. The quantitative estimate of drug-likeness (QED) is 0.806. The maximum atomic E-state index is 9.54. The van der Waals surface area contributed by atoms with Crippen molar-refractivity contribution in [2.75, 3.05) is 7.11 Å². The van der Waals surface area contributed by atoms with Crippen LogP contribution in [0.1, 0.15) is 37.2 Å². The maximum Gasteiger partial charge on any atom is 0.160 e. The molecule has 16 heavy (non-hydrogen) atoms. The molecular weight excluding hydrogens is 202 g/mol. The van der Waals surface area contributed by atoms with E-state index in [1.54, 1.807) is 13.2 Å². The number of methoxy groups -OCH3 is 1. The first kappa shape index (κ1) is 11.3. The highest BCUT2D eigenvalue weighted by Crippen LogP contribution is 2.36. The number of hydrogen-bond acceptors (Lipinski definition) is 3. The fourth-order valence-electron chi connectivity index (χ4n) is 2.50. The summed E-state index contributed by atoms with van der Waals surface area (Å²) in [4.78, 5) is 0. The lowest BCUT2D eigenvalue weighted by molar-refractivity contribution is 0.365. The Morgan fingerprint density at radius 2 is 2.06 bits per heavy atom. The van der Waals surface area contributed by atoms with E-state index < -0.39 is 0 Å². The number of ether oxygens (including phenoxy) is 1. The molecule has 88 valence electrons. The van der Waals surface area contributed by atoms with Crippen molar-refractivity contribution in [1.82, 2.24) is 0 Å². The molecule has 0 bridgehead atoms. The van der Waals surface area contributed by atoms with Crippen LogP contribution < -0.4 is 10.5 Å². The molecule has 0 radical (unpaired) electrons. The highest BCUT2D eigenvalue weighted by atomic mass is 16.5. The minimum Gasteiger partial charge on any atom is -0.504 e. The van der Waals surface area contributed by atoms with Crippen LogP contribution in [-0.4, -0.2) is 18.3 Å². The van der Waals surface area contributed by atoms with Crippen LogP contribution >= 0.6 is 0 Å². The maximum absolute atomic E-state index is 9.54. The van der Waals surface area contributed by atoms with Crippen LogP contribution in [0.2, 0.25) is 0 Å². The predicted octanol–water partition coefficient (Wildman–Crippen LogP) is 2.39. The van der Waals surface area contributed by atoms with Crippen molar-refractivity contribution in [3.05, 3.63) is 23.8 Å². The summed E-state index contributed by atoms with van der Waals surface area (Å²) in [5.41, 5.74) is 7.32. The van der Waals surface area contributed by atoms with Crippen LogP contribution in [0, 0.1) is 0 Å². The van der Waals surface area contributed by atoms with E-state index in [1.807, 2.05) is 12.1 Å². The number of phenolic OH excluding ortho intramolecular Hbond substituents is 1. The van der Waals surface area contributed by atoms with Crippen LogP contribution in [0.3, 0.4) is 0 Å². The van der Waals surface area contributed by atoms with E-state index in [1.165, 1.54) is 18.4 Å². The molecule has 0 spiro atoms. The fourth-order valence-corrected chi connectivity index (χ4v) is 2.50. The van der Waals surface area contributed by atoms with E-state index in [-0.39, 0.29) is 11.8 Å². The van der Waals surface area contributed by atoms with Gasteiger partial charge in [0, 0.05) is 6.04 Å². The van der Waals surface area contributed by atoms with Gasteiger partial charge in [-0.2, -0.15) is 0 Å². The van der Waals surface area contributed by atoms with Gasteiger partial charge in [0.05, 0.1) is 7.11 Å². The van der Waals surface area contributed by atoms with E-state index in [4.69, 9.17) is 10.5 Å². The van der Waals surface area contributed by atoms with Gasteiger partial charge in [0.25, 0.3) is 0 Å². The zero-order valence-corrected chi connectivity index (χ0v) is 9.65. The van der Waals surface area contributed by atoms with Crippen LogP contribution in [-0.2, 0) is 0 Å². The third-order valence-corrected chi connectivity index (χ3v) is 3.45. The van der Waals surface area contributed by atoms with Gasteiger partial charge in [-0.3, -0.25) is 0 Å². The van der Waals surface area contributed by atoms with E-state index in [9.17, 15) is 5.11 Å². The highest BCUT2D eigenvalue weighted by Gasteiger charge is 2.23. The number of nitrogens with two attached hydrogens (primary N) is 1. The van der Waals surface area contributed by atoms with Gasteiger partial charge in [-0.1, -0.05) is 18.9 Å². The second kappa shape index (κ2) is 4.74. The SMILES string of the molecule is COc1cc(C2CCCCC2N)ccc1O. The molecule has 3 nitrogen and oxygen atoms in total. The lowest BCUT2D eigenvalue weighted by Gasteiger charge is -2.29. The molecule has 0 aromatic heterocycles. The third-order valence-electron chi connectivity index (χ3n) is 3.45. The fraction of sp³-hybridized carbons (Fsp3) is 0.538. The van der Waals surface area contributed by atoms with Gasteiger partial charge in [-0.25, -0.2) is 0 Å². The lowest BCUT2D eigenvalue weighted by atomic mass is 9.80. The molecule has 0 saturated heterocycles. The highest BCUT2D eigenvalue weighted by molar-refractivity contribution is 5.43. The Bertz CT molecular complexity index is 365. The lowest BCUT2D eigenvalue weighted by Crippen LogP contribution is -2.31. The zero-order valence-electron chi connectivity index (χ0n) is 9.65. The Labute approximate surface area is 96.2 Å². The first-order chi connectivity index (χ1) is 7.72. The summed E-state index contributed by atoms with van der Waals surface area (Å²) in [6.45, 7) is 0. The minimum absolute atomic E-state index is 0.190. The summed E-state index contributed by atoms with van der Waals surface area (Å²) in [6, 6.07) is 5.79. The molecule has 3 N–H and O–H groups in total. The van der Waals surface area contributed by atoms with Crippen LogP contribution in [0.25, 0.3) is 0 Å².